The Balaban J connectivity index is 2.54. The molecule has 2 rings (SSSR count). The molecule has 2 aromatic rings. The normalized spacial score (nSPS) is 10.5. The summed E-state index contributed by atoms with van der Waals surface area (Å²) in [6.07, 6.45) is 5.95. The molecule has 0 amide bonds. The Morgan fingerprint density at radius 3 is 2.75 bits per heavy atom. The molecular formula is C9H11N3. The number of hydrogen-bond acceptors (Lipinski definition) is 1. The number of aromatic nitrogens is 3. The largest absolute Gasteiger partial charge is 0.356 e. The van der Waals surface area contributed by atoms with Gasteiger partial charge in [0.25, 0.3) is 0 Å². The highest BCUT2D eigenvalue weighted by Crippen LogP contribution is 2.20. The molecule has 3 heteroatoms. The van der Waals surface area contributed by atoms with E-state index in [4.69, 9.17) is 0 Å². The summed E-state index contributed by atoms with van der Waals surface area (Å²) >= 11 is 0. The molecule has 0 atom stereocenters. The van der Waals surface area contributed by atoms with Crippen molar-refractivity contribution < 1.29 is 0 Å². The summed E-state index contributed by atoms with van der Waals surface area (Å²) < 4.78 is 2.05. The number of H-pyrrole nitrogens is 1. The lowest BCUT2D eigenvalue weighted by atomic mass is 10.2. The standard InChI is InChI=1S/C9H11N3/c1-7-5-12(2)6-8(7)9-3-4-10-11-9/h3-6H,1-2H3,(H,10,11). The van der Waals surface area contributed by atoms with Crippen LogP contribution in [0.25, 0.3) is 11.3 Å². The van der Waals surface area contributed by atoms with Gasteiger partial charge in [-0.1, -0.05) is 0 Å². The molecule has 0 spiro atoms. The summed E-state index contributed by atoms with van der Waals surface area (Å²) in [7, 11) is 2.02. The molecule has 0 aromatic carbocycles. The van der Waals surface area contributed by atoms with Gasteiger partial charge in [0.2, 0.25) is 0 Å². The first-order valence-corrected chi connectivity index (χ1v) is 3.89. The minimum atomic E-state index is 1.08. The first kappa shape index (κ1) is 7.16. The molecule has 0 bridgehead atoms. The number of aryl methyl sites for hydroxylation is 2. The van der Waals surface area contributed by atoms with Crippen molar-refractivity contribution in [2.75, 3.05) is 0 Å². The van der Waals surface area contributed by atoms with Crippen LogP contribution in [-0.4, -0.2) is 14.8 Å². The van der Waals surface area contributed by atoms with Crippen molar-refractivity contribution in [3.63, 3.8) is 0 Å². The van der Waals surface area contributed by atoms with Crippen molar-refractivity contribution >= 4 is 0 Å². The molecule has 0 aliphatic rings. The van der Waals surface area contributed by atoms with E-state index in [0.717, 1.165) is 5.69 Å². The van der Waals surface area contributed by atoms with E-state index >= 15 is 0 Å². The molecule has 0 saturated carbocycles. The maximum Gasteiger partial charge on any atom is 0.0668 e. The number of nitrogens with one attached hydrogen (secondary N) is 1. The fourth-order valence-electron chi connectivity index (χ4n) is 1.41. The Bertz CT molecular complexity index is 370. The molecular weight excluding hydrogens is 150 g/mol. The van der Waals surface area contributed by atoms with E-state index in [1.165, 1.54) is 11.1 Å². The Kier molecular flexibility index (Phi) is 1.50. The SMILES string of the molecule is Cc1cn(C)cc1-c1ccn[nH]1. The average molecular weight is 161 g/mol. The molecule has 0 aliphatic carbocycles. The summed E-state index contributed by atoms with van der Waals surface area (Å²) in [5, 5.41) is 6.86. The van der Waals surface area contributed by atoms with Gasteiger partial charge in [0.15, 0.2) is 0 Å². The van der Waals surface area contributed by atoms with Crippen LogP contribution in [0.15, 0.2) is 24.7 Å². The molecule has 0 radical (unpaired) electrons. The first-order chi connectivity index (χ1) is 5.77. The van der Waals surface area contributed by atoms with Crippen LogP contribution in [0.5, 0.6) is 0 Å². The molecule has 2 aromatic heterocycles. The van der Waals surface area contributed by atoms with Crippen molar-refractivity contribution in [2.45, 2.75) is 6.92 Å². The quantitative estimate of drug-likeness (QED) is 0.678. The summed E-state index contributed by atoms with van der Waals surface area (Å²) in [6, 6.07) is 1.97. The second-order valence-electron chi connectivity index (χ2n) is 2.99. The van der Waals surface area contributed by atoms with Crippen LogP contribution in [0.4, 0.5) is 0 Å². The first-order valence-electron chi connectivity index (χ1n) is 3.89. The van der Waals surface area contributed by atoms with Crippen LogP contribution in [0.1, 0.15) is 5.56 Å². The van der Waals surface area contributed by atoms with Crippen LogP contribution in [0.2, 0.25) is 0 Å². The Morgan fingerprint density at radius 1 is 1.42 bits per heavy atom. The minimum Gasteiger partial charge on any atom is -0.356 e. The van der Waals surface area contributed by atoms with Crippen molar-refractivity contribution in [1.29, 1.82) is 0 Å². The van der Waals surface area contributed by atoms with Crippen LogP contribution in [0, 0.1) is 6.92 Å². The lowest BCUT2D eigenvalue weighted by molar-refractivity contribution is 0.925. The maximum atomic E-state index is 3.91. The van der Waals surface area contributed by atoms with Gasteiger partial charge in [-0.2, -0.15) is 5.10 Å². The molecule has 3 nitrogen and oxygen atoms in total. The summed E-state index contributed by atoms with van der Waals surface area (Å²) in [4.78, 5) is 0. The zero-order valence-electron chi connectivity index (χ0n) is 7.20. The molecule has 0 saturated heterocycles. The van der Waals surface area contributed by atoms with E-state index in [1.54, 1.807) is 6.20 Å². The van der Waals surface area contributed by atoms with Crippen LogP contribution >= 0.6 is 0 Å². The van der Waals surface area contributed by atoms with Gasteiger partial charge in [-0.15, -0.1) is 0 Å². The number of nitrogens with zero attached hydrogens (tertiary/aromatic N) is 2. The van der Waals surface area contributed by atoms with Crippen molar-refractivity contribution in [3.05, 3.63) is 30.2 Å². The van der Waals surface area contributed by atoms with E-state index in [9.17, 15) is 0 Å². The third-order valence-electron chi connectivity index (χ3n) is 1.95. The maximum absolute atomic E-state index is 3.91. The molecule has 0 unspecified atom stereocenters. The average Bonchev–Trinajstić information content (AvgIpc) is 2.58. The minimum absolute atomic E-state index is 1.08. The second-order valence-corrected chi connectivity index (χ2v) is 2.99. The number of aromatic amines is 1. The fourth-order valence-corrected chi connectivity index (χ4v) is 1.41. The van der Waals surface area contributed by atoms with E-state index in [1.807, 2.05) is 17.7 Å². The van der Waals surface area contributed by atoms with Crippen LogP contribution in [-0.2, 0) is 7.05 Å². The molecule has 0 fully saturated rings. The van der Waals surface area contributed by atoms with Crippen LogP contribution < -0.4 is 0 Å². The van der Waals surface area contributed by atoms with Crippen molar-refractivity contribution in [2.24, 2.45) is 7.05 Å². The predicted molar refractivity (Wildman–Crippen MR) is 47.7 cm³/mol. The predicted octanol–water partition coefficient (Wildman–Crippen LogP) is 1.72. The fraction of sp³-hybridized carbons (Fsp3) is 0.222. The number of hydrogen-bond donors (Lipinski definition) is 1. The monoisotopic (exact) mass is 161 g/mol. The zero-order chi connectivity index (χ0) is 8.55. The molecule has 0 aliphatic heterocycles. The molecule has 1 N–H and O–H groups in total. The van der Waals surface area contributed by atoms with Gasteiger partial charge in [-0.05, 0) is 18.6 Å². The second kappa shape index (κ2) is 2.52. The summed E-state index contributed by atoms with van der Waals surface area (Å²) in [5.41, 5.74) is 3.56. The topological polar surface area (TPSA) is 33.6 Å². The van der Waals surface area contributed by atoms with Gasteiger partial charge in [-0.25, -0.2) is 0 Å². The lowest BCUT2D eigenvalue weighted by Crippen LogP contribution is -1.78. The molecule has 12 heavy (non-hydrogen) atoms. The summed E-state index contributed by atoms with van der Waals surface area (Å²) in [5.74, 6) is 0. The number of rotatable bonds is 1. The van der Waals surface area contributed by atoms with E-state index in [-0.39, 0.29) is 0 Å². The Hall–Kier alpha value is -1.51. The Morgan fingerprint density at radius 2 is 2.25 bits per heavy atom. The molecule has 62 valence electrons. The van der Waals surface area contributed by atoms with Gasteiger partial charge in [0.05, 0.1) is 5.69 Å². The summed E-state index contributed by atoms with van der Waals surface area (Å²) in [6.45, 7) is 2.09. The molecule has 2 heterocycles. The van der Waals surface area contributed by atoms with E-state index in [2.05, 4.69) is 29.5 Å². The van der Waals surface area contributed by atoms with Crippen molar-refractivity contribution in [3.8, 4) is 11.3 Å². The van der Waals surface area contributed by atoms with Gasteiger partial charge in [-0.3, -0.25) is 5.10 Å². The highest BCUT2D eigenvalue weighted by Gasteiger charge is 2.03. The van der Waals surface area contributed by atoms with E-state index in [0.29, 0.717) is 0 Å². The smallest absolute Gasteiger partial charge is 0.0668 e. The van der Waals surface area contributed by atoms with Crippen LogP contribution in [0.3, 0.4) is 0 Å². The Labute approximate surface area is 71.0 Å². The third kappa shape index (κ3) is 1.03. The van der Waals surface area contributed by atoms with Gasteiger partial charge >= 0.3 is 0 Å². The van der Waals surface area contributed by atoms with Crippen molar-refractivity contribution in [1.82, 2.24) is 14.8 Å². The van der Waals surface area contributed by atoms with Gasteiger partial charge in [0, 0.05) is 31.2 Å². The van der Waals surface area contributed by atoms with Gasteiger partial charge < -0.3 is 4.57 Å². The highest BCUT2D eigenvalue weighted by molar-refractivity contribution is 5.62. The lowest BCUT2D eigenvalue weighted by Gasteiger charge is -1.92. The van der Waals surface area contributed by atoms with E-state index < -0.39 is 0 Å². The zero-order valence-corrected chi connectivity index (χ0v) is 7.20. The third-order valence-corrected chi connectivity index (χ3v) is 1.95. The van der Waals surface area contributed by atoms with Gasteiger partial charge in [0.1, 0.15) is 0 Å². The highest BCUT2D eigenvalue weighted by atomic mass is 15.1.